The molecule has 4 aromatic carbocycles. The highest BCUT2D eigenvalue weighted by molar-refractivity contribution is 5.84. The maximum atomic E-state index is 13.6. The smallest absolute Gasteiger partial charge is 0.342 e. The van der Waals surface area contributed by atoms with Gasteiger partial charge < -0.3 is 29.5 Å². The summed E-state index contributed by atoms with van der Waals surface area (Å²) in [5, 5.41) is 12.7. The number of amides is 2. The van der Waals surface area contributed by atoms with Gasteiger partial charge in [-0.2, -0.15) is 0 Å². The van der Waals surface area contributed by atoms with E-state index in [2.05, 4.69) is 5.32 Å². The number of benzene rings is 4. The maximum Gasteiger partial charge on any atom is 0.342 e. The number of carboxylic acids is 1. The number of carboxylic acid groups (broad SMARTS) is 1. The average Bonchev–Trinajstić information content (AvgIpc) is 3.07. The fourth-order valence-electron chi connectivity index (χ4n) is 4.86. The van der Waals surface area contributed by atoms with Crippen LogP contribution in [0.5, 0.6) is 11.5 Å². The highest BCUT2D eigenvalue weighted by Crippen LogP contribution is 2.26. The van der Waals surface area contributed by atoms with Crippen molar-refractivity contribution in [3.8, 4) is 22.6 Å². The Balaban J connectivity index is 1.50. The summed E-state index contributed by atoms with van der Waals surface area (Å²) in [5.74, 6) is -1.28. The first-order valence-corrected chi connectivity index (χ1v) is 15.2. The molecule has 4 aromatic rings. The predicted octanol–water partition coefficient (Wildman–Crippen LogP) is 6.22. The summed E-state index contributed by atoms with van der Waals surface area (Å²) in [4.78, 5) is 40.8. The van der Waals surface area contributed by atoms with Crippen LogP contribution in [0, 0.1) is 5.92 Å². The Labute approximate surface area is 269 Å². The molecule has 0 spiro atoms. The number of hydrogen-bond acceptors (Lipinski definition) is 6. The van der Waals surface area contributed by atoms with Gasteiger partial charge in [0.15, 0.2) is 17.6 Å². The molecule has 240 valence electrons. The average molecular weight is 625 g/mol. The number of hydrogen-bond donors (Lipinski definition) is 2. The number of methoxy groups -OCH3 is 1. The first-order valence-electron chi connectivity index (χ1n) is 15.2. The Hall–Kier alpha value is -5.15. The SMILES string of the molecule is COc1ccccc1OC(=O)[C@H](CN(CC(C)C)C(=O)N[C@@H](Cc1ccc(-c2ccccc2)cc1)C(=O)O)OCc1ccccc1. The highest BCUT2D eigenvalue weighted by Gasteiger charge is 2.30. The van der Waals surface area contributed by atoms with Gasteiger partial charge in [-0.05, 0) is 40.3 Å². The number of carbonyl (C=O) groups excluding carboxylic acids is 2. The molecule has 9 heteroatoms. The van der Waals surface area contributed by atoms with Crippen molar-refractivity contribution in [3.05, 3.63) is 120 Å². The third-order valence-corrected chi connectivity index (χ3v) is 7.19. The molecule has 0 heterocycles. The summed E-state index contributed by atoms with van der Waals surface area (Å²) in [5.41, 5.74) is 3.65. The van der Waals surface area contributed by atoms with Gasteiger partial charge in [-0.25, -0.2) is 14.4 Å². The van der Waals surface area contributed by atoms with Crippen LogP contribution in [0.25, 0.3) is 11.1 Å². The second-order valence-corrected chi connectivity index (χ2v) is 11.3. The van der Waals surface area contributed by atoms with Gasteiger partial charge >= 0.3 is 18.0 Å². The Morgan fingerprint density at radius 2 is 1.33 bits per heavy atom. The van der Waals surface area contributed by atoms with Crippen LogP contribution < -0.4 is 14.8 Å². The molecule has 0 radical (unpaired) electrons. The first-order chi connectivity index (χ1) is 22.2. The van der Waals surface area contributed by atoms with Crippen molar-refractivity contribution >= 4 is 18.0 Å². The lowest BCUT2D eigenvalue weighted by molar-refractivity contribution is -0.149. The number of aliphatic carboxylic acids is 1. The van der Waals surface area contributed by atoms with Crippen LogP contribution >= 0.6 is 0 Å². The van der Waals surface area contributed by atoms with Gasteiger partial charge in [0.2, 0.25) is 0 Å². The van der Waals surface area contributed by atoms with E-state index >= 15 is 0 Å². The molecule has 2 atom stereocenters. The van der Waals surface area contributed by atoms with Crippen LogP contribution in [0.4, 0.5) is 4.79 Å². The van der Waals surface area contributed by atoms with Crippen LogP contribution in [-0.2, 0) is 27.4 Å². The Kier molecular flexibility index (Phi) is 12.3. The second kappa shape index (κ2) is 16.8. The van der Waals surface area contributed by atoms with Crippen LogP contribution in [0.3, 0.4) is 0 Å². The quantitative estimate of drug-likeness (QED) is 0.119. The topological polar surface area (TPSA) is 114 Å². The van der Waals surface area contributed by atoms with Crippen molar-refractivity contribution < 1.29 is 33.7 Å². The number of nitrogens with one attached hydrogen (secondary N) is 1. The summed E-state index contributed by atoms with van der Waals surface area (Å²) in [6.45, 7) is 4.03. The normalized spacial score (nSPS) is 12.2. The minimum atomic E-state index is -1.20. The Morgan fingerprint density at radius 1 is 0.739 bits per heavy atom. The van der Waals surface area contributed by atoms with E-state index in [9.17, 15) is 19.5 Å². The van der Waals surface area contributed by atoms with Gasteiger partial charge in [0.25, 0.3) is 0 Å². The second-order valence-electron chi connectivity index (χ2n) is 11.3. The molecule has 0 saturated carbocycles. The monoisotopic (exact) mass is 624 g/mol. The predicted molar refractivity (Wildman–Crippen MR) is 176 cm³/mol. The van der Waals surface area contributed by atoms with E-state index in [0.29, 0.717) is 5.75 Å². The number of rotatable bonds is 15. The molecule has 0 aromatic heterocycles. The fraction of sp³-hybridized carbons (Fsp3) is 0.270. The lowest BCUT2D eigenvalue weighted by Crippen LogP contribution is -2.53. The molecule has 4 rings (SSSR count). The van der Waals surface area contributed by atoms with Gasteiger partial charge in [-0.3, -0.25) is 0 Å². The van der Waals surface area contributed by atoms with E-state index < -0.39 is 30.1 Å². The summed E-state index contributed by atoms with van der Waals surface area (Å²) in [6, 6.07) is 31.7. The van der Waals surface area contributed by atoms with Crippen molar-refractivity contribution in [2.45, 2.75) is 39.0 Å². The largest absolute Gasteiger partial charge is 0.493 e. The summed E-state index contributed by atoms with van der Waals surface area (Å²) in [6.07, 6.45) is -1.10. The van der Waals surface area contributed by atoms with Crippen molar-refractivity contribution in [1.29, 1.82) is 0 Å². The van der Waals surface area contributed by atoms with E-state index in [1.54, 1.807) is 24.3 Å². The number of para-hydroxylation sites is 2. The van der Waals surface area contributed by atoms with E-state index in [1.165, 1.54) is 12.0 Å². The van der Waals surface area contributed by atoms with E-state index in [0.717, 1.165) is 22.3 Å². The number of ether oxygens (including phenoxy) is 3. The lowest BCUT2D eigenvalue weighted by atomic mass is 10.0. The number of carbonyl (C=O) groups is 3. The zero-order valence-electron chi connectivity index (χ0n) is 26.3. The van der Waals surface area contributed by atoms with Crippen molar-refractivity contribution in [2.24, 2.45) is 5.92 Å². The van der Waals surface area contributed by atoms with Crippen LogP contribution in [0.1, 0.15) is 25.0 Å². The summed E-state index contributed by atoms with van der Waals surface area (Å²) < 4.78 is 17.0. The highest BCUT2D eigenvalue weighted by atomic mass is 16.6. The van der Waals surface area contributed by atoms with Gasteiger partial charge in [-0.15, -0.1) is 0 Å². The molecule has 0 bridgehead atoms. The molecule has 9 nitrogen and oxygen atoms in total. The molecular formula is C37H40N2O7. The minimum absolute atomic E-state index is 0.0135. The molecular weight excluding hydrogens is 584 g/mol. The lowest BCUT2D eigenvalue weighted by Gasteiger charge is -2.29. The van der Waals surface area contributed by atoms with Crippen molar-refractivity contribution in [1.82, 2.24) is 10.2 Å². The Morgan fingerprint density at radius 3 is 1.93 bits per heavy atom. The minimum Gasteiger partial charge on any atom is -0.493 e. The first kappa shape index (κ1) is 33.7. The number of esters is 1. The van der Waals surface area contributed by atoms with Crippen LogP contribution in [-0.4, -0.2) is 60.3 Å². The molecule has 2 amide bonds. The van der Waals surface area contributed by atoms with Gasteiger partial charge in [0, 0.05) is 13.0 Å². The number of urea groups is 1. The van der Waals surface area contributed by atoms with Crippen LogP contribution in [0.15, 0.2) is 109 Å². The van der Waals surface area contributed by atoms with Crippen LogP contribution in [0.2, 0.25) is 0 Å². The third kappa shape index (κ3) is 9.93. The van der Waals surface area contributed by atoms with E-state index in [-0.39, 0.29) is 37.8 Å². The van der Waals surface area contributed by atoms with Gasteiger partial charge in [0.1, 0.15) is 6.04 Å². The standard InChI is InChI=1S/C37H40N2O7/c1-26(2)23-39(37(43)38-31(35(40)41)22-27-18-20-30(21-19-27)29-14-8-5-9-15-29)24-34(45-25-28-12-6-4-7-13-28)36(42)46-33-17-11-10-16-32(33)44-3/h4-21,26,31,34H,22-25H2,1-3H3,(H,38,43)(H,40,41)/t31-,34-/m0/s1. The fourth-order valence-corrected chi connectivity index (χ4v) is 4.86. The molecule has 46 heavy (non-hydrogen) atoms. The van der Waals surface area contributed by atoms with E-state index in [1.807, 2.05) is 98.8 Å². The summed E-state index contributed by atoms with van der Waals surface area (Å²) in [7, 11) is 1.47. The molecule has 0 unspecified atom stereocenters. The molecule has 0 aliphatic carbocycles. The molecule has 2 N–H and O–H groups in total. The molecule has 0 aliphatic heterocycles. The molecule has 0 saturated heterocycles. The zero-order valence-corrected chi connectivity index (χ0v) is 26.3. The maximum absolute atomic E-state index is 13.6. The van der Waals surface area contributed by atoms with E-state index in [4.69, 9.17) is 14.2 Å². The zero-order chi connectivity index (χ0) is 32.9. The molecule has 0 fully saturated rings. The van der Waals surface area contributed by atoms with Gasteiger partial charge in [-0.1, -0.05) is 111 Å². The van der Waals surface area contributed by atoms with Gasteiger partial charge in [0.05, 0.1) is 20.3 Å². The van der Waals surface area contributed by atoms with Crippen molar-refractivity contribution in [3.63, 3.8) is 0 Å². The summed E-state index contributed by atoms with van der Waals surface area (Å²) >= 11 is 0. The Bertz CT molecular complexity index is 1560. The molecule has 0 aliphatic rings. The van der Waals surface area contributed by atoms with Crippen molar-refractivity contribution in [2.75, 3.05) is 20.2 Å². The number of nitrogens with zero attached hydrogens (tertiary/aromatic N) is 1. The third-order valence-electron chi connectivity index (χ3n) is 7.19.